The summed E-state index contributed by atoms with van der Waals surface area (Å²) < 4.78 is 12.6. The van der Waals surface area contributed by atoms with E-state index in [1.165, 1.54) is 22.2 Å². The first-order chi connectivity index (χ1) is 14.5. The number of amides is 1. The number of hydrogen-bond donors (Lipinski definition) is 0. The maximum atomic E-state index is 12.3. The molecule has 0 N–H and O–H groups in total. The number of likely N-dealkylation sites (N-methyl/N-ethyl adjacent to an activating group) is 1. The molecule has 0 spiro atoms. The minimum Gasteiger partial charge on any atom is -0.493 e. The molecule has 0 bridgehead atoms. The van der Waals surface area contributed by atoms with Crippen LogP contribution >= 0.6 is 24.0 Å². The highest BCUT2D eigenvalue weighted by Gasteiger charge is 2.28. The fourth-order valence-electron chi connectivity index (χ4n) is 3.08. The Bertz CT molecular complexity index is 942. The molecule has 1 amide bonds. The molecule has 2 aromatic rings. The molecule has 2 aromatic carbocycles. The van der Waals surface area contributed by atoms with Gasteiger partial charge in [0.2, 0.25) is 0 Å². The number of thioether (sulfide) groups is 1. The van der Waals surface area contributed by atoms with Crippen LogP contribution in [0.4, 0.5) is 0 Å². The molecular formula is C24H27NO3S2. The van der Waals surface area contributed by atoms with Gasteiger partial charge < -0.3 is 9.47 Å². The monoisotopic (exact) mass is 441 g/mol. The van der Waals surface area contributed by atoms with E-state index >= 15 is 0 Å². The van der Waals surface area contributed by atoms with Gasteiger partial charge in [-0.15, -0.1) is 0 Å². The zero-order chi connectivity index (χ0) is 21.5. The molecule has 1 aliphatic heterocycles. The van der Waals surface area contributed by atoms with E-state index in [9.17, 15) is 4.79 Å². The van der Waals surface area contributed by atoms with Crippen molar-refractivity contribution in [3.63, 3.8) is 0 Å². The standard InChI is InChI=1S/C24H27NO3S2/c1-4-17(2)19-11-6-8-13-21(19)28-15-9-14-27-20-12-7-5-10-18(20)16-22-23(26)25(3)24(29)30-22/h5-8,10-13,16-17H,4,9,14-15H2,1-3H3/b22-16+/t17-/m0/s1. The molecule has 1 aliphatic rings. The van der Waals surface area contributed by atoms with E-state index in [2.05, 4.69) is 26.0 Å². The lowest BCUT2D eigenvalue weighted by atomic mass is 9.98. The molecule has 1 heterocycles. The molecule has 1 fully saturated rings. The average Bonchev–Trinajstić information content (AvgIpc) is 3.01. The molecule has 0 aromatic heterocycles. The third-order valence-electron chi connectivity index (χ3n) is 5.06. The van der Waals surface area contributed by atoms with Gasteiger partial charge in [-0.05, 0) is 36.1 Å². The average molecular weight is 442 g/mol. The van der Waals surface area contributed by atoms with Crippen LogP contribution in [-0.2, 0) is 4.79 Å². The Morgan fingerprint density at radius 1 is 1.07 bits per heavy atom. The lowest BCUT2D eigenvalue weighted by Crippen LogP contribution is -2.22. The number of carbonyl (C=O) groups is 1. The first-order valence-electron chi connectivity index (χ1n) is 10.2. The quantitative estimate of drug-likeness (QED) is 0.276. The molecule has 1 saturated heterocycles. The van der Waals surface area contributed by atoms with Crippen molar-refractivity contribution < 1.29 is 14.3 Å². The molecule has 6 heteroatoms. The van der Waals surface area contributed by atoms with Gasteiger partial charge in [0.15, 0.2) is 0 Å². The van der Waals surface area contributed by atoms with Crippen molar-refractivity contribution in [3.8, 4) is 11.5 Å². The number of thiocarbonyl (C=S) groups is 1. The fraction of sp³-hybridized carbons (Fsp3) is 0.333. The number of nitrogens with zero attached hydrogens (tertiary/aromatic N) is 1. The van der Waals surface area contributed by atoms with Crippen molar-refractivity contribution in [2.45, 2.75) is 32.6 Å². The third-order valence-corrected chi connectivity index (χ3v) is 6.54. The molecule has 4 nitrogen and oxygen atoms in total. The van der Waals surface area contributed by atoms with Crippen molar-refractivity contribution in [3.05, 3.63) is 64.6 Å². The number of hydrogen-bond acceptors (Lipinski definition) is 5. The maximum Gasteiger partial charge on any atom is 0.265 e. The summed E-state index contributed by atoms with van der Waals surface area (Å²) in [5, 5.41) is 0. The Labute approximate surface area is 188 Å². The summed E-state index contributed by atoms with van der Waals surface area (Å²) in [6.45, 7) is 5.52. The van der Waals surface area contributed by atoms with Crippen molar-refractivity contribution in [2.75, 3.05) is 20.3 Å². The van der Waals surface area contributed by atoms with Crippen molar-refractivity contribution >= 4 is 40.3 Å². The minimum atomic E-state index is -0.0758. The van der Waals surface area contributed by atoms with Gasteiger partial charge in [-0.2, -0.15) is 0 Å². The van der Waals surface area contributed by atoms with E-state index in [1.807, 2.05) is 42.5 Å². The third kappa shape index (κ3) is 5.43. The zero-order valence-electron chi connectivity index (χ0n) is 17.6. The number of para-hydroxylation sites is 2. The van der Waals surface area contributed by atoms with Gasteiger partial charge in [-0.25, -0.2) is 0 Å². The molecule has 1 atom stereocenters. The van der Waals surface area contributed by atoms with Crippen LogP contribution in [0.1, 0.15) is 43.7 Å². The van der Waals surface area contributed by atoms with E-state index in [4.69, 9.17) is 21.7 Å². The highest BCUT2D eigenvalue weighted by molar-refractivity contribution is 8.26. The minimum absolute atomic E-state index is 0.0758. The van der Waals surface area contributed by atoms with E-state index in [0.717, 1.165) is 29.9 Å². The van der Waals surface area contributed by atoms with Crippen molar-refractivity contribution in [1.29, 1.82) is 0 Å². The van der Waals surface area contributed by atoms with Crippen LogP contribution in [-0.4, -0.2) is 35.4 Å². The van der Waals surface area contributed by atoms with Crippen molar-refractivity contribution in [2.24, 2.45) is 0 Å². The predicted molar refractivity (Wildman–Crippen MR) is 128 cm³/mol. The Kier molecular flexibility index (Phi) is 7.94. The van der Waals surface area contributed by atoms with Crippen LogP contribution in [0.2, 0.25) is 0 Å². The molecule has 0 radical (unpaired) electrons. The Balaban J connectivity index is 1.56. The highest BCUT2D eigenvalue weighted by atomic mass is 32.2. The zero-order valence-corrected chi connectivity index (χ0v) is 19.2. The van der Waals surface area contributed by atoms with Crippen LogP contribution in [0, 0.1) is 0 Å². The van der Waals surface area contributed by atoms with Crippen LogP contribution in [0.25, 0.3) is 6.08 Å². The summed E-state index contributed by atoms with van der Waals surface area (Å²) in [6, 6.07) is 15.9. The SMILES string of the molecule is CC[C@H](C)c1ccccc1OCCCOc1ccccc1/C=C1/SC(=S)N(C)C1=O. The number of rotatable bonds is 9. The van der Waals surface area contributed by atoms with E-state index < -0.39 is 0 Å². The normalized spacial score (nSPS) is 16.2. The molecule has 3 rings (SSSR count). The molecule has 0 saturated carbocycles. The Hall–Kier alpha value is -2.31. The van der Waals surface area contributed by atoms with Crippen LogP contribution in [0.15, 0.2) is 53.4 Å². The molecule has 158 valence electrons. The number of carbonyl (C=O) groups excluding carboxylic acids is 1. The largest absolute Gasteiger partial charge is 0.493 e. The smallest absolute Gasteiger partial charge is 0.265 e. The van der Waals surface area contributed by atoms with Gasteiger partial charge in [-0.3, -0.25) is 9.69 Å². The summed E-state index contributed by atoms with van der Waals surface area (Å²) in [5.74, 6) is 2.10. The predicted octanol–water partition coefficient (Wildman–Crippen LogP) is 5.88. The topological polar surface area (TPSA) is 38.8 Å². The summed E-state index contributed by atoms with van der Waals surface area (Å²) >= 11 is 6.51. The van der Waals surface area contributed by atoms with Crippen molar-refractivity contribution in [1.82, 2.24) is 4.90 Å². The van der Waals surface area contributed by atoms with Gasteiger partial charge in [0.1, 0.15) is 15.8 Å². The second-order valence-corrected chi connectivity index (χ2v) is 8.85. The molecule has 0 aliphatic carbocycles. The van der Waals surface area contributed by atoms with Gasteiger partial charge in [0.25, 0.3) is 5.91 Å². The molecule has 30 heavy (non-hydrogen) atoms. The number of benzene rings is 2. The lowest BCUT2D eigenvalue weighted by Gasteiger charge is -2.16. The van der Waals surface area contributed by atoms with Crippen LogP contribution < -0.4 is 9.47 Å². The maximum absolute atomic E-state index is 12.3. The fourth-order valence-corrected chi connectivity index (χ4v) is 4.25. The summed E-state index contributed by atoms with van der Waals surface area (Å²) in [4.78, 5) is 14.4. The second kappa shape index (κ2) is 10.6. The lowest BCUT2D eigenvalue weighted by molar-refractivity contribution is -0.121. The summed E-state index contributed by atoms with van der Waals surface area (Å²) in [7, 11) is 1.69. The summed E-state index contributed by atoms with van der Waals surface area (Å²) in [5.41, 5.74) is 2.12. The highest BCUT2D eigenvalue weighted by Crippen LogP contribution is 2.33. The van der Waals surface area contributed by atoms with E-state index in [-0.39, 0.29) is 5.91 Å². The molecule has 0 unspecified atom stereocenters. The number of ether oxygens (including phenoxy) is 2. The van der Waals surface area contributed by atoms with Gasteiger partial charge >= 0.3 is 0 Å². The first-order valence-corrected chi connectivity index (χ1v) is 11.4. The van der Waals surface area contributed by atoms with Gasteiger partial charge in [0.05, 0.1) is 18.1 Å². The first kappa shape index (κ1) is 22.4. The summed E-state index contributed by atoms with van der Waals surface area (Å²) in [6.07, 6.45) is 3.69. The van der Waals surface area contributed by atoms with E-state index in [1.54, 1.807) is 7.05 Å². The second-order valence-electron chi connectivity index (χ2n) is 7.18. The van der Waals surface area contributed by atoms with E-state index in [0.29, 0.717) is 28.4 Å². The Morgan fingerprint density at radius 2 is 1.70 bits per heavy atom. The molecular weight excluding hydrogens is 414 g/mol. The van der Waals surface area contributed by atoms with Gasteiger partial charge in [0, 0.05) is 19.0 Å². The van der Waals surface area contributed by atoms with Crippen LogP contribution in [0.3, 0.4) is 0 Å². The Morgan fingerprint density at radius 3 is 2.37 bits per heavy atom. The van der Waals surface area contributed by atoms with Gasteiger partial charge in [-0.1, -0.05) is 74.2 Å². The van der Waals surface area contributed by atoms with Crippen LogP contribution in [0.5, 0.6) is 11.5 Å².